The Morgan fingerprint density at radius 2 is 2.05 bits per heavy atom. The molecule has 104 valence electrons. The van der Waals surface area contributed by atoms with Crippen LogP contribution in [0.25, 0.3) is 0 Å². The second kappa shape index (κ2) is 5.93. The number of carbonyl (C=O) groups excluding carboxylic acids is 1. The molecule has 0 aliphatic carbocycles. The van der Waals surface area contributed by atoms with Gasteiger partial charge in [0, 0.05) is 29.7 Å². The molecule has 3 nitrogen and oxygen atoms in total. The zero-order valence-corrected chi connectivity index (χ0v) is 12.3. The zero-order chi connectivity index (χ0) is 14.0. The van der Waals surface area contributed by atoms with E-state index in [1.165, 1.54) is 0 Å². The van der Waals surface area contributed by atoms with Crippen molar-refractivity contribution in [3.8, 4) is 0 Å². The molecule has 1 heterocycles. The van der Waals surface area contributed by atoms with E-state index in [1.807, 2.05) is 36.9 Å². The first-order valence-electron chi connectivity index (χ1n) is 6.80. The second-order valence-corrected chi connectivity index (χ2v) is 5.81. The van der Waals surface area contributed by atoms with Crippen molar-refractivity contribution in [2.45, 2.75) is 32.7 Å². The van der Waals surface area contributed by atoms with Crippen LogP contribution in [-0.2, 0) is 0 Å². The molecule has 0 saturated carbocycles. The number of amides is 1. The van der Waals surface area contributed by atoms with E-state index < -0.39 is 0 Å². The van der Waals surface area contributed by atoms with Gasteiger partial charge in [-0.2, -0.15) is 0 Å². The van der Waals surface area contributed by atoms with E-state index in [-0.39, 0.29) is 11.9 Å². The number of nitrogens with two attached hydrogens (primary N) is 1. The van der Waals surface area contributed by atoms with E-state index in [9.17, 15) is 4.79 Å². The zero-order valence-electron chi connectivity index (χ0n) is 11.5. The van der Waals surface area contributed by atoms with Crippen LogP contribution in [0.15, 0.2) is 18.2 Å². The highest BCUT2D eigenvalue weighted by atomic mass is 35.5. The van der Waals surface area contributed by atoms with Crippen LogP contribution in [0.1, 0.15) is 35.7 Å². The van der Waals surface area contributed by atoms with Crippen LogP contribution in [0.4, 0.5) is 0 Å². The van der Waals surface area contributed by atoms with Crippen molar-refractivity contribution in [3.05, 3.63) is 34.3 Å². The second-order valence-electron chi connectivity index (χ2n) is 5.40. The molecule has 1 unspecified atom stereocenters. The van der Waals surface area contributed by atoms with Crippen molar-refractivity contribution in [1.82, 2.24) is 4.90 Å². The Bertz CT molecular complexity index is 465. The van der Waals surface area contributed by atoms with E-state index in [4.69, 9.17) is 17.3 Å². The fraction of sp³-hybridized carbons (Fsp3) is 0.533. The molecule has 0 aromatic heterocycles. The third kappa shape index (κ3) is 3.10. The lowest BCUT2D eigenvalue weighted by Crippen LogP contribution is -2.42. The van der Waals surface area contributed by atoms with E-state index >= 15 is 0 Å². The Morgan fingerprint density at radius 3 is 2.63 bits per heavy atom. The van der Waals surface area contributed by atoms with Crippen LogP contribution < -0.4 is 5.73 Å². The molecule has 1 atom stereocenters. The highest BCUT2D eigenvalue weighted by molar-refractivity contribution is 6.31. The van der Waals surface area contributed by atoms with Crippen LogP contribution >= 0.6 is 11.6 Å². The van der Waals surface area contributed by atoms with E-state index in [0.717, 1.165) is 31.5 Å². The predicted octanol–water partition coefficient (Wildman–Crippen LogP) is 2.85. The molecule has 1 aliphatic heterocycles. The number of nitrogens with zero attached hydrogens (tertiary/aromatic N) is 1. The average Bonchev–Trinajstić information content (AvgIpc) is 2.41. The van der Waals surface area contributed by atoms with Crippen LogP contribution in [-0.4, -0.2) is 29.9 Å². The number of hydrogen-bond donors (Lipinski definition) is 1. The molecule has 1 saturated heterocycles. The summed E-state index contributed by atoms with van der Waals surface area (Å²) in [6.45, 7) is 5.52. The first kappa shape index (κ1) is 14.4. The lowest BCUT2D eigenvalue weighted by molar-refractivity contribution is 0.0680. The number of halogens is 1. The summed E-state index contributed by atoms with van der Waals surface area (Å²) in [6, 6.07) is 5.71. The monoisotopic (exact) mass is 280 g/mol. The Balaban J connectivity index is 2.07. The number of piperidine rings is 1. The van der Waals surface area contributed by atoms with E-state index in [1.54, 1.807) is 0 Å². The van der Waals surface area contributed by atoms with Gasteiger partial charge in [0.05, 0.1) is 0 Å². The molecule has 2 N–H and O–H groups in total. The predicted molar refractivity (Wildman–Crippen MR) is 78.5 cm³/mol. The molecule has 1 aromatic rings. The fourth-order valence-electron chi connectivity index (χ4n) is 2.64. The van der Waals surface area contributed by atoms with Gasteiger partial charge < -0.3 is 10.6 Å². The summed E-state index contributed by atoms with van der Waals surface area (Å²) in [5.74, 6) is 0.618. The highest BCUT2D eigenvalue weighted by Gasteiger charge is 2.26. The maximum atomic E-state index is 12.5. The van der Waals surface area contributed by atoms with Crippen LogP contribution in [0, 0.1) is 12.8 Å². The minimum atomic E-state index is 0.0862. The summed E-state index contributed by atoms with van der Waals surface area (Å²) < 4.78 is 0. The summed E-state index contributed by atoms with van der Waals surface area (Å²) in [7, 11) is 0. The Morgan fingerprint density at radius 1 is 1.42 bits per heavy atom. The molecule has 1 aromatic carbocycles. The van der Waals surface area contributed by atoms with Gasteiger partial charge in [0.25, 0.3) is 5.91 Å². The third-order valence-electron chi connectivity index (χ3n) is 4.07. The number of likely N-dealkylation sites (tertiary alicyclic amines) is 1. The first-order valence-corrected chi connectivity index (χ1v) is 7.18. The standard InChI is InChI=1S/C15H21ClN2O/c1-10-13(4-3-5-14(10)16)15(19)18-8-6-12(7-9-18)11(2)17/h3-5,11-12H,6-9,17H2,1-2H3. The first-order chi connectivity index (χ1) is 9.00. The molecule has 1 aliphatic rings. The topological polar surface area (TPSA) is 46.3 Å². The molecule has 19 heavy (non-hydrogen) atoms. The lowest BCUT2D eigenvalue weighted by atomic mass is 9.90. The molecule has 4 heteroatoms. The summed E-state index contributed by atoms with van der Waals surface area (Å²) in [4.78, 5) is 14.4. The molecule has 1 fully saturated rings. The summed E-state index contributed by atoms with van der Waals surface area (Å²) >= 11 is 6.07. The quantitative estimate of drug-likeness (QED) is 0.905. The smallest absolute Gasteiger partial charge is 0.254 e. The van der Waals surface area contributed by atoms with Crippen molar-refractivity contribution in [1.29, 1.82) is 0 Å². The fourth-order valence-corrected chi connectivity index (χ4v) is 2.81. The minimum absolute atomic E-state index is 0.0862. The number of carbonyl (C=O) groups is 1. The van der Waals surface area contributed by atoms with Gasteiger partial charge in [0.1, 0.15) is 0 Å². The van der Waals surface area contributed by atoms with E-state index in [0.29, 0.717) is 16.5 Å². The van der Waals surface area contributed by atoms with Crippen molar-refractivity contribution < 1.29 is 4.79 Å². The molecular weight excluding hydrogens is 260 g/mol. The minimum Gasteiger partial charge on any atom is -0.339 e. The van der Waals surface area contributed by atoms with Gasteiger partial charge >= 0.3 is 0 Å². The van der Waals surface area contributed by atoms with Crippen LogP contribution in [0.3, 0.4) is 0 Å². The Kier molecular flexibility index (Phi) is 4.48. The summed E-state index contributed by atoms with van der Waals surface area (Å²) in [5.41, 5.74) is 7.50. The molecule has 0 spiro atoms. The maximum absolute atomic E-state index is 12.5. The van der Waals surface area contributed by atoms with Crippen LogP contribution in [0.5, 0.6) is 0 Å². The summed E-state index contributed by atoms with van der Waals surface area (Å²) in [5, 5.41) is 0.649. The normalized spacial score (nSPS) is 18.4. The molecule has 0 radical (unpaired) electrons. The van der Waals surface area contributed by atoms with Gasteiger partial charge in [-0.15, -0.1) is 0 Å². The van der Waals surface area contributed by atoms with Crippen LogP contribution in [0.2, 0.25) is 5.02 Å². The van der Waals surface area contributed by atoms with Gasteiger partial charge in [0.15, 0.2) is 0 Å². The summed E-state index contributed by atoms with van der Waals surface area (Å²) in [6.07, 6.45) is 1.98. The SMILES string of the molecule is Cc1c(Cl)cccc1C(=O)N1CCC(C(C)N)CC1. The van der Waals surface area contributed by atoms with Crippen molar-refractivity contribution in [2.24, 2.45) is 11.7 Å². The number of benzene rings is 1. The largest absolute Gasteiger partial charge is 0.339 e. The highest BCUT2D eigenvalue weighted by Crippen LogP contribution is 2.24. The lowest BCUT2D eigenvalue weighted by Gasteiger charge is -2.34. The van der Waals surface area contributed by atoms with Gasteiger partial charge in [-0.1, -0.05) is 17.7 Å². The average molecular weight is 281 g/mol. The van der Waals surface area contributed by atoms with Gasteiger partial charge in [-0.05, 0) is 50.3 Å². The third-order valence-corrected chi connectivity index (χ3v) is 4.48. The van der Waals surface area contributed by atoms with Crippen molar-refractivity contribution >= 4 is 17.5 Å². The maximum Gasteiger partial charge on any atom is 0.254 e. The van der Waals surface area contributed by atoms with Gasteiger partial charge in [0.2, 0.25) is 0 Å². The van der Waals surface area contributed by atoms with Gasteiger partial charge in [-0.3, -0.25) is 4.79 Å². The van der Waals surface area contributed by atoms with E-state index in [2.05, 4.69) is 0 Å². The van der Waals surface area contributed by atoms with Gasteiger partial charge in [-0.25, -0.2) is 0 Å². The van der Waals surface area contributed by atoms with Crippen molar-refractivity contribution in [3.63, 3.8) is 0 Å². The molecule has 1 amide bonds. The van der Waals surface area contributed by atoms with Crippen molar-refractivity contribution in [2.75, 3.05) is 13.1 Å². The molecular formula is C15H21ClN2O. The number of hydrogen-bond acceptors (Lipinski definition) is 2. The molecule has 2 rings (SSSR count). The Labute approximate surface area is 119 Å². The Hall–Kier alpha value is -1.06. The number of rotatable bonds is 2. The molecule has 0 bridgehead atoms.